The van der Waals surface area contributed by atoms with Gasteiger partial charge in [-0.05, 0) is 44.3 Å². The number of carbonyl (C=O) groups excluding carboxylic acids is 1. The minimum atomic E-state index is 0.0638. The molecule has 0 radical (unpaired) electrons. The molecule has 0 spiro atoms. The van der Waals surface area contributed by atoms with E-state index in [0.717, 1.165) is 33.2 Å². The van der Waals surface area contributed by atoms with Gasteiger partial charge in [0.05, 0.1) is 16.1 Å². The Hall–Kier alpha value is -1.11. The van der Waals surface area contributed by atoms with Crippen LogP contribution in [0.1, 0.15) is 13.3 Å². The van der Waals surface area contributed by atoms with Gasteiger partial charge in [-0.1, -0.05) is 11.8 Å². The lowest BCUT2D eigenvalue weighted by atomic mass is 10.0. The highest BCUT2D eigenvalue weighted by atomic mass is 32.2. The molecular weight excluding hydrogens is 290 g/mol. The fraction of sp³-hybridized carbons (Fsp3) is 0.429. The quantitative estimate of drug-likeness (QED) is 0.856. The number of nitrogens with one attached hydrogen (secondary N) is 2. The summed E-state index contributed by atoms with van der Waals surface area (Å²) < 4.78 is 2.17. The number of aromatic nitrogens is 1. The molecule has 0 bridgehead atoms. The molecule has 1 saturated heterocycles. The van der Waals surface area contributed by atoms with Crippen LogP contribution in [0.15, 0.2) is 22.5 Å². The van der Waals surface area contributed by atoms with Gasteiger partial charge in [-0.15, -0.1) is 11.3 Å². The van der Waals surface area contributed by atoms with Crippen LogP contribution < -0.4 is 10.6 Å². The van der Waals surface area contributed by atoms with E-state index in [1.165, 1.54) is 0 Å². The zero-order valence-electron chi connectivity index (χ0n) is 11.5. The third-order valence-electron chi connectivity index (χ3n) is 3.67. The molecule has 2 aromatic rings. The summed E-state index contributed by atoms with van der Waals surface area (Å²) in [5, 5.41) is 6.33. The topological polar surface area (TPSA) is 54.0 Å². The molecule has 4 nitrogen and oxygen atoms in total. The van der Waals surface area contributed by atoms with Crippen LogP contribution in [0.3, 0.4) is 0 Å². The third kappa shape index (κ3) is 2.68. The number of amides is 1. The molecule has 0 saturated carbocycles. The molecule has 2 N–H and O–H groups in total. The van der Waals surface area contributed by atoms with Gasteiger partial charge >= 0.3 is 0 Å². The van der Waals surface area contributed by atoms with Crippen LogP contribution in [0.2, 0.25) is 0 Å². The minimum absolute atomic E-state index is 0.0638. The minimum Gasteiger partial charge on any atom is -0.326 e. The molecule has 1 fully saturated rings. The van der Waals surface area contributed by atoms with Crippen LogP contribution in [-0.4, -0.2) is 29.7 Å². The van der Waals surface area contributed by atoms with Gasteiger partial charge in [0.2, 0.25) is 5.91 Å². The Kier molecular flexibility index (Phi) is 3.96. The predicted molar refractivity (Wildman–Crippen MR) is 85.6 cm³/mol. The number of rotatable bonds is 3. The number of thiazole rings is 1. The maximum Gasteiger partial charge on any atom is 0.229 e. The average molecular weight is 307 g/mol. The van der Waals surface area contributed by atoms with Gasteiger partial charge in [-0.2, -0.15) is 0 Å². The van der Waals surface area contributed by atoms with E-state index in [-0.39, 0.29) is 17.9 Å². The van der Waals surface area contributed by atoms with Crippen LogP contribution in [0, 0.1) is 5.92 Å². The van der Waals surface area contributed by atoms with Gasteiger partial charge in [0.1, 0.15) is 0 Å². The molecule has 1 aliphatic rings. The van der Waals surface area contributed by atoms with Crippen molar-refractivity contribution < 1.29 is 4.79 Å². The zero-order valence-corrected chi connectivity index (χ0v) is 13.1. The number of carbonyl (C=O) groups is 1. The average Bonchev–Trinajstić information content (AvgIpc) is 3.03. The van der Waals surface area contributed by atoms with Gasteiger partial charge in [-0.3, -0.25) is 4.79 Å². The molecule has 3 rings (SSSR count). The maximum atomic E-state index is 12.3. The molecule has 106 valence electrons. The molecule has 2 heterocycles. The van der Waals surface area contributed by atoms with Gasteiger partial charge in [0.15, 0.2) is 4.34 Å². The normalized spacial score (nSPS) is 22.3. The molecule has 1 aromatic carbocycles. The first-order valence-electron chi connectivity index (χ1n) is 6.66. The third-order valence-corrected chi connectivity index (χ3v) is 5.68. The van der Waals surface area contributed by atoms with Gasteiger partial charge in [0, 0.05) is 11.7 Å². The number of anilines is 1. The second-order valence-electron chi connectivity index (χ2n) is 4.99. The molecule has 2 atom stereocenters. The van der Waals surface area contributed by atoms with E-state index in [1.54, 1.807) is 23.1 Å². The van der Waals surface area contributed by atoms with Crippen molar-refractivity contribution in [3.8, 4) is 0 Å². The Morgan fingerprint density at radius 2 is 2.40 bits per heavy atom. The standard InChI is InChI=1S/C14H17N3OS2/c1-8-10(5-6-15-8)13(18)16-9-3-4-11-12(7-9)20-14(17-11)19-2/h3-4,7-8,10,15H,5-6H2,1-2H3,(H,16,18). The highest BCUT2D eigenvalue weighted by Crippen LogP contribution is 2.30. The summed E-state index contributed by atoms with van der Waals surface area (Å²) in [7, 11) is 0. The first-order chi connectivity index (χ1) is 9.67. The van der Waals surface area contributed by atoms with Crippen molar-refractivity contribution in [2.24, 2.45) is 5.92 Å². The van der Waals surface area contributed by atoms with E-state index in [1.807, 2.05) is 24.5 Å². The molecule has 6 heteroatoms. The molecule has 1 amide bonds. The SMILES string of the molecule is CSc1nc2ccc(NC(=O)C3CCNC3C)cc2s1. The molecule has 1 aliphatic heterocycles. The number of fused-ring (bicyclic) bond motifs is 1. The lowest BCUT2D eigenvalue weighted by molar-refractivity contribution is -0.119. The lowest BCUT2D eigenvalue weighted by Crippen LogP contribution is -2.32. The van der Waals surface area contributed by atoms with Gasteiger partial charge in [0.25, 0.3) is 0 Å². The second kappa shape index (κ2) is 5.71. The fourth-order valence-corrected chi connectivity index (χ4v) is 4.05. The molecule has 2 unspecified atom stereocenters. The fourth-order valence-electron chi connectivity index (χ4n) is 2.52. The van der Waals surface area contributed by atoms with E-state index in [0.29, 0.717) is 0 Å². The van der Waals surface area contributed by atoms with Crippen molar-refractivity contribution in [3.05, 3.63) is 18.2 Å². The summed E-state index contributed by atoms with van der Waals surface area (Å²) >= 11 is 3.31. The van der Waals surface area contributed by atoms with Crippen LogP contribution >= 0.6 is 23.1 Å². The summed E-state index contributed by atoms with van der Waals surface area (Å²) in [5.41, 5.74) is 1.85. The Labute approximate surface area is 126 Å². The second-order valence-corrected chi connectivity index (χ2v) is 7.08. The monoisotopic (exact) mass is 307 g/mol. The van der Waals surface area contributed by atoms with Crippen molar-refractivity contribution in [1.82, 2.24) is 10.3 Å². The van der Waals surface area contributed by atoms with E-state index >= 15 is 0 Å². The Morgan fingerprint density at radius 3 is 3.10 bits per heavy atom. The smallest absolute Gasteiger partial charge is 0.229 e. The van der Waals surface area contributed by atoms with E-state index in [4.69, 9.17) is 0 Å². The van der Waals surface area contributed by atoms with E-state index in [9.17, 15) is 4.79 Å². The van der Waals surface area contributed by atoms with Crippen molar-refractivity contribution >= 4 is 44.9 Å². The van der Waals surface area contributed by atoms with Crippen LogP contribution in [0.25, 0.3) is 10.2 Å². The summed E-state index contributed by atoms with van der Waals surface area (Å²) in [6.45, 7) is 2.98. The van der Waals surface area contributed by atoms with Crippen molar-refractivity contribution in [2.75, 3.05) is 18.1 Å². The highest BCUT2D eigenvalue weighted by molar-refractivity contribution is 8.00. The van der Waals surface area contributed by atoms with Crippen molar-refractivity contribution in [1.29, 1.82) is 0 Å². The molecular formula is C14H17N3OS2. The van der Waals surface area contributed by atoms with E-state index < -0.39 is 0 Å². The first kappa shape index (κ1) is 13.9. The number of nitrogens with zero attached hydrogens (tertiary/aromatic N) is 1. The van der Waals surface area contributed by atoms with Crippen molar-refractivity contribution in [2.45, 2.75) is 23.7 Å². The van der Waals surface area contributed by atoms with Gasteiger partial charge < -0.3 is 10.6 Å². The Bertz CT molecular complexity index is 640. The summed E-state index contributed by atoms with van der Waals surface area (Å²) in [6, 6.07) is 6.16. The van der Waals surface area contributed by atoms with Crippen LogP contribution in [0.5, 0.6) is 0 Å². The van der Waals surface area contributed by atoms with Gasteiger partial charge in [-0.25, -0.2) is 4.98 Å². The summed E-state index contributed by atoms with van der Waals surface area (Å²) in [5.74, 6) is 0.172. The number of hydrogen-bond acceptors (Lipinski definition) is 5. The Morgan fingerprint density at radius 1 is 1.55 bits per heavy atom. The van der Waals surface area contributed by atoms with Crippen molar-refractivity contribution in [3.63, 3.8) is 0 Å². The summed E-state index contributed by atoms with van der Waals surface area (Å²) in [6.07, 6.45) is 2.93. The van der Waals surface area contributed by atoms with Crippen LogP contribution in [0.4, 0.5) is 5.69 Å². The number of benzene rings is 1. The van der Waals surface area contributed by atoms with E-state index in [2.05, 4.69) is 22.5 Å². The first-order valence-corrected chi connectivity index (χ1v) is 8.70. The molecule has 1 aromatic heterocycles. The van der Waals surface area contributed by atoms with Crippen LogP contribution in [-0.2, 0) is 4.79 Å². The predicted octanol–water partition coefficient (Wildman–Crippen LogP) is 2.95. The number of thioether (sulfide) groups is 1. The Balaban J connectivity index is 1.78. The molecule has 20 heavy (non-hydrogen) atoms. The maximum absolute atomic E-state index is 12.3. The lowest BCUT2D eigenvalue weighted by Gasteiger charge is -2.14. The summed E-state index contributed by atoms with van der Waals surface area (Å²) in [4.78, 5) is 16.8. The zero-order chi connectivity index (χ0) is 14.1. The number of hydrogen-bond donors (Lipinski definition) is 2. The highest BCUT2D eigenvalue weighted by Gasteiger charge is 2.29. The molecule has 0 aliphatic carbocycles. The largest absolute Gasteiger partial charge is 0.326 e.